The summed E-state index contributed by atoms with van der Waals surface area (Å²) in [6.45, 7) is 15.1. The predicted octanol–water partition coefficient (Wildman–Crippen LogP) is 7.36. The Balaban J connectivity index is 1.76. The van der Waals surface area contributed by atoms with Gasteiger partial charge in [0, 0.05) is 0 Å². The summed E-state index contributed by atoms with van der Waals surface area (Å²) >= 11 is 1.52. The molecule has 3 rings (SSSR count). The van der Waals surface area contributed by atoms with Gasteiger partial charge in [-0.15, -0.1) is 0 Å². The van der Waals surface area contributed by atoms with Gasteiger partial charge in [-0.1, -0.05) is 0 Å². The molecule has 33 heavy (non-hydrogen) atoms. The van der Waals surface area contributed by atoms with E-state index in [-0.39, 0.29) is 25.6 Å². The zero-order chi connectivity index (χ0) is 24.6. The number of aryl methyl sites for hydroxylation is 2. The van der Waals surface area contributed by atoms with E-state index < -0.39 is 20.1 Å². The van der Waals surface area contributed by atoms with Crippen LogP contribution in [0.4, 0.5) is 13.2 Å². The molecule has 0 aliphatic heterocycles. The van der Waals surface area contributed by atoms with E-state index in [1.54, 1.807) is 6.07 Å². The van der Waals surface area contributed by atoms with E-state index in [4.69, 9.17) is 4.43 Å². The number of hydrogen-bond acceptors (Lipinski definition) is 3. The van der Waals surface area contributed by atoms with Crippen LogP contribution < -0.4 is 8.89 Å². The fourth-order valence-electron chi connectivity index (χ4n) is 3.00. The first-order valence-corrected chi connectivity index (χ1v) is 16.5. The quantitative estimate of drug-likeness (QED) is 0.296. The SMILES string of the molecule is Cc1cc([Se]Cc2sc(-c3ccccc3C(F)(F)F)nc2C)ccc1O[Si](C)(C)C(C)(C)C. The Morgan fingerprint density at radius 3 is 2.30 bits per heavy atom. The molecule has 0 fully saturated rings. The number of benzene rings is 2. The predicted molar refractivity (Wildman–Crippen MR) is 135 cm³/mol. The third kappa shape index (κ3) is 6.10. The Morgan fingerprint density at radius 2 is 1.70 bits per heavy atom. The first-order valence-electron chi connectivity index (χ1n) is 10.7. The topological polar surface area (TPSA) is 22.1 Å². The van der Waals surface area contributed by atoms with Crippen molar-refractivity contribution < 1.29 is 17.6 Å². The van der Waals surface area contributed by atoms with Crippen LogP contribution in [0.5, 0.6) is 5.75 Å². The molecule has 0 bridgehead atoms. The van der Waals surface area contributed by atoms with Crippen molar-refractivity contribution in [3.63, 3.8) is 0 Å². The monoisotopic (exact) mass is 557 g/mol. The van der Waals surface area contributed by atoms with Gasteiger partial charge in [0.2, 0.25) is 0 Å². The molecule has 0 aliphatic carbocycles. The molecule has 1 heterocycles. The molecular weight excluding hydrogens is 526 g/mol. The summed E-state index contributed by atoms with van der Waals surface area (Å²) in [4.78, 5) is 5.52. The van der Waals surface area contributed by atoms with Crippen molar-refractivity contribution in [1.29, 1.82) is 0 Å². The van der Waals surface area contributed by atoms with Crippen molar-refractivity contribution in [2.45, 2.75) is 64.2 Å². The molecule has 3 aromatic rings. The molecule has 0 amide bonds. The van der Waals surface area contributed by atoms with Crippen LogP contribution in [0, 0.1) is 13.8 Å². The standard InChI is InChI=1S/C25H30F3NOSSeSi/c1-16-14-18(12-13-21(16)30-33(6,7)24(3,4)5)32-15-22-17(2)29-23(31-22)19-10-8-9-11-20(19)25(26,27)28/h8-14H,15H2,1-7H3. The molecule has 1 aromatic heterocycles. The van der Waals surface area contributed by atoms with Crippen LogP contribution in [-0.4, -0.2) is 28.3 Å². The van der Waals surface area contributed by atoms with Crippen LogP contribution in [0.3, 0.4) is 0 Å². The zero-order valence-electron chi connectivity index (χ0n) is 20.1. The number of thiazole rings is 1. The molecule has 0 saturated carbocycles. The molecule has 0 radical (unpaired) electrons. The molecule has 0 atom stereocenters. The molecule has 8 heteroatoms. The van der Waals surface area contributed by atoms with Crippen molar-refractivity contribution in [2.24, 2.45) is 0 Å². The Hall–Kier alpha value is -1.60. The fourth-order valence-corrected chi connectivity index (χ4v) is 7.67. The van der Waals surface area contributed by atoms with Gasteiger partial charge >= 0.3 is 206 Å². The minimum absolute atomic E-state index is 0.133. The molecule has 0 spiro atoms. The summed E-state index contributed by atoms with van der Waals surface area (Å²) in [7, 11) is -1.90. The summed E-state index contributed by atoms with van der Waals surface area (Å²) in [5, 5.41) is 1.36. The zero-order valence-corrected chi connectivity index (χ0v) is 23.6. The number of rotatable bonds is 6. The van der Waals surface area contributed by atoms with Crippen molar-refractivity contribution >= 4 is 39.1 Å². The Labute approximate surface area is 205 Å². The number of aromatic nitrogens is 1. The third-order valence-electron chi connectivity index (χ3n) is 6.04. The summed E-state index contributed by atoms with van der Waals surface area (Å²) < 4.78 is 48.0. The summed E-state index contributed by atoms with van der Waals surface area (Å²) in [6.07, 6.45) is -4.40. The molecule has 0 saturated heterocycles. The van der Waals surface area contributed by atoms with Gasteiger partial charge in [-0.25, -0.2) is 0 Å². The van der Waals surface area contributed by atoms with E-state index in [1.165, 1.54) is 27.9 Å². The van der Waals surface area contributed by atoms with Crippen LogP contribution >= 0.6 is 11.3 Å². The van der Waals surface area contributed by atoms with Crippen LogP contribution in [0.1, 0.15) is 42.5 Å². The molecular formula is C25H30F3NOSSeSi. The molecule has 178 valence electrons. The molecule has 2 aromatic carbocycles. The van der Waals surface area contributed by atoms with Gasteiger partial charge in [-0.3, -0.25) is 0 Å². The Bertz CT molecular complexity index is 1140. The van der Waals surface area contributed by atoms with Crippen LogP contribution in [-0.2, 0) is 11.5 Å². The van der Waals surface area contributed by atoms with Crippen LogP contribution in [0.2, 0.25) is 18.1 Å². The number of halogens is 3. The molecule has 2 nitrogen and oxygen atoms in total. The van der Waals surface area contributed by atoms with Crippen LogP contribution in [0.25, 0.3) is 10.6 Å². The second kappa shape index (κ2) is 9.57. The van der Waals surface area contributed by atoms with Gasteiger partial charge in [0.05, 0.1) is 0 Å². The van der Waals surface area contributed by atoms with Crippen LogP contribution in [0.15, 0.2) is 42.5 Å². The van der Waals surface area contributed by atoms with Gasteiger partial charge < -0.3 is 0 Å². The summed E-state index contributed by atoms with van der Waals surface area (Å²) in [6, 6.07) is 12.0. The maximum atomic E-state index is 13.4. The van der Waals surface area contributed by atoms with E-state index >= 15 is 0 Å². The first kappa shape index (κ1) is 26.0. The first-order chi connectivity index (χ1) is 15.2. The minimum atomic E-state index is -4.40. The number of hydrogen-bond donors (Lipinski definition) is 0. The van der Waals surface area contributed by atoms with Gasteiger partial charge in [-0.05, 0) is 0 Å². The van der Waals surface area contributed by atoms with Crippen molar-refractivity contribution in [3.05, 3.63) is 64.2 Å². The van der Waals surface area contributed by atoms with Gasteiger partial charge in [-0.2, -0.15) is 0 Å². The van der Waals surface area contributed by atoms with Gasteiger partial charge in [0.1, 0.15) is 0 Å². The second-order valence-electron chi connectivity index (χ2n) is 9.65. The number of alkyl halides is 3. The average molecular weight is 557 g/mol. The fraction of sp³-hybridized carbons (Fsp3) is 0.400. The van der Waals surface area contributed by atoms with Crippen molar-refractivity contribution in [3.8, 4) is 16.3 Å². The average Bonchev–Trinajstić information content (AvgIpc) is 3.07. The Kier molecular flexibility index (Phi) is 7.54. The maximum absolute atomic E-state index is 13.4. The second-order valence-corrected chi connectivity index (χ2v) is 17.7. The molecule has 0 aliphatic rings. The van der Waals surface area contributed by atoms with Gasteiger partial charge in [0.15, 0.2) is 0 Å². The normalized spacial score (nSPS) is 12.8. The van der Waals surface area contributed by atoms with E-state index in [9.17, 15) is 13.2 Å². The van der Waals surface area contributed by atoms with E-state index in [1.807, 2.05) is 6.92 Å². The van der Waals surface area contributed by atoms with Gasteiger partial charge in [0.25, 0.3) is 0 Å². The molecule has 0 N–H and O–H groups in total. The molecule has 0 unspecified atom stereocenters. The van der Waals surface area contributed by atoms with Crippen molar-refractivity contribution in [2.75, 3.05) is 0 Å². The van der Waals surface area contributed by atoms with E-state index in [2.05, 4.69) is 64.0 Å². The summed E-state index contributed by atoms with van der Waals surface area (Å²) in [5.41, 5.74) is 1.45. The Morgan fingerprint density at radius 1 is 1.03 bits per heavy atom. The van der Waals surface area contributed by atoms with Crippen molar-refractivity contribution in [1.82, 2.24) is 4.98 Å². The third-order valence-corrected chi connectivity index (χ3v) is 14.1. The summed E-state index contributed by atoms with van der Waals surface area (Å²) in [5.74, 6) is 0.946. The van der Waals surface area contributed by atoms with E-state index in [0.29, 0.717) is 5.01 Å². The number of nitrogens with zero attached hydrogens (tertiary/aromatic N) is 1. The van der Waals surface area contributed by atoms with E-state index in [0.717, 1.165) is 33.3 Å².